The lowest BCUT2D eigenvalue weighted by Gasteiger charge is -2.48. The quantitative estimate of drug-likeness (QED) is 0.443. The van der Waals surface area contributed by atoms with Crippen LogP contribution in [0, 0.1) is 22.0 Å². The molecule has 6 rings (SSSR count). The number of rotatable bonds is 3. The minimum atomic E-state index is -1.77. The van der Waals surface area contributed by atoms with Crippen molar-refractivity contribution in [3.05, 3.63) is 92.0 Å². The number of halogens is 1. The molecule has 2 amide bonds. The van der Waals surface area contributed by atoms with Gasteiger partial charge in [0.1, 0.15) is 5.92 Å². The number of imide groups is 1. The summed E-state index contributed by atoms with van der Waals surface area (Å²) in [6, 6.07) is 14.3. The average molecular weight is 409 g/mol. The molecule has 0 aromatic heterocycles. The van der Waals surface area contributed by atoms with Gasteiger partial charge in [0.25, 0.3) is 5.54 Å². The van der Waals surface area contributed by atoms with Crippen LogP contribution in [0.4, 0.5) is 0 Å². The van der Waals surface area contributed by atoms with Gasteiger partial charge >= 0.3 is 0 Å². The van der Waals surface area contributed by atoms with Crippen LogP contribution < -0.4 is 0 Å². The van der Waals surface area contributed by atoms with Crippen LogP contribution in [0.25, 0.3) is 0 Å². The molecule has 3 aliphatic carbocycles. The molecule has 146 valence electrons. The number of nitrogens with zero attached hydrogens (tertiary/aromatic N) is 2. The van der Waals surface area contributed by atoms with Gasteiger partial charge in [0.15, 0.2) is 0 Å². The Hall–Kier alpha value is -2.99. The van der Waals surface area contributed by atoms with E-state index < -0.39 is 23.3 Å². The highest BCUT2D eigenvalue weighted by Crippen LogP contribution is 2.64. The van der Waals surface area contributed by atoms with Crippen LogP contribution >= 0.6 is 11.6 Å². The minimum Gasteiger partial charge on any atom is -0.278 e. The van der Waals surface area contributed by atoms with E-state index in [4.69, 9.17) is 11.6 Å². The second-order valence-corrected chi connectivity index (χ2v) is 8.35. The summed E-state index contributed by atoms with van der Waals surface area (Å²) in [6.45, 7) is 1.68. The van der Waals surface area contributed by atoms with E-state index in [-0.39, 0.29) is 23.3 Å². The average Bonchev–Trinajstić information content (AvgIpc) is 2.97. The standard InChI is InChI=1S/C22H17ClN2O4/c1-12(23)10-11-24-20(26)18-17-13-6-2-4-8-15(13)22(25(28)29,19(18)21(24)27)16-9-5-3-7-14(16)17/h2-10,17-19H,11H2,1H3/b12-10-/t17?,18-,19+,22?/m0/s1. The molecule has 0 radical (unpaired) electrons. The summed E-state index contributed by atoms with van der Waals surface area (Å²) in [5.74, 6) is -3.10. The van der Waals surface area contributed by atoms with Gasteiger partial charge in [-0.1, -0.05) is 66.2 Å². The first-order valence-electron chi connectivity index (χ1n) is 9.41. The van der Waals surface area contributed by atoms with E-state index in [9.17, 15) is 19.7 Å². The highest BCUT2D eigenvalue weighted by atomic mass is 35.5. The van der Waals surface area contributed by atoms with Gasteiger partial charge in [-0.3, -0.25) is 24.6 Å². The maximum atomic E-state index is 13.4. The molecule has 29 heavy (non-hydrogen) atoms. The van der Waals surface area contributed by atoms with Gasteiger partial charge in [0, 0.05) is 33.5 Å². The Labute approximate surface area is 171 Å². The topological polar surface area (TPSA) is 80.5 Å². The summed E-state index contributed by atoms with van der Waals surface area (Å²) < 4.78 is 0. The first kappa shape index (κ1) is 18.1. The van der Waals surface area contributed by atoms with Crippen molar-refractivity contribution < 1.29 is 14.5 Å². The van der Waals surface area contributed by atoms with Crippen LogP contribution in [0.1, 0.15) is 35.1 Å². The molecule has 0 unspecified atom stereocenters. The van der Waals surface area contributed by atoms with Crippen LogP contribution in [0.5, 0.6) is 0 Å². The second kappa shape index (κ2) is 6.00. The summed E-state index contributed by atoms with van der Waals surface area (Å²) in [4.78, 5) is 40.2. The number of allylic oxidation sites excluding steroid dienone is 1. The van der Waals surface area contributed by atoms with Crippen LogP contribution in [0.3, 0.4) is 0 Å². The van der Waals surface area contributed by atoms with Gasteiger partial charge in [-0.2, -0.15) is 0 Å². The van der Waals surface area contributed by atoms with E-state index in [0.717, 1.165) is 16.0 Å². The zero-order chi connectivity index (χ0) is 20.5. The molecule has 0 saturated carbocycles. The van der Waals surface area contributed by atoms with Gasteiger partial charge in [-0.05, 0) is 18.1 Å². The van der Waals surface area contributed by atoms with E-state index in [1.54, 1.807) is 37.3 Å². The maximum Gasteiger partial charge on any atom is 0.284 e. The number of amides is 2. The minimum absolute atomic E-state index is 0.0210. The first-order chi connectivity index (χ1) is 13.9. The molecule has 2 atom stereocenters. The fraction of sp³-hybridized carbons (Fsp3) is 0.273. The number of likely N-dealkylation sites (tertiary alicyclic amines) is 1. The molecule has 0 spiro atoms. The Balaban J connectivity index is 1.82. The summed E-state index contributed by atoms with van der Waals surface area (Å²) in [5.41, 5.74) is 0.782. The van der Waals surface area contributed by atoms with Crippen molar-refractivity contribution in [2.24, 2.45) is 11.8 Å². The molecular formula is C22H17ClN2O4. The van der Waals surface area contributed by atoms with Gasteiger partial charge < -0.3 is 0 Å². The van der Waals surface area contributed by atoms with E-state index in [2.05, 4.69) is 0 Å². The van der Waals surface area contributed by atoms with Gasteiger partial charge in [0.2, 0.25) is 11.8 Å². The molecular weight excluding hydrogens is 392 g/mol. The molecule has 1 fully saturated rings. The zero-order valence-corrected chi connectivity index (χ0v) is 16.3. The van der Waals surface area contributed by atoms with E-state index in [1.807, 2.05) is 24.3 Å². The summed E-state index contributed by atoms with van der Waals surface area (Å²) >= 11 is 5.90. The maximum absolute atomic E-state index is 13.4. The van der Waals surface area contributed by atoms with Crippen LogP contribution in [-0.4, -0.2) is 28.2 Å². The van der Waals surface area contributed by atoms with Crippen molar-refractivity contribution in [3.8, 4) is 0 Å². The molecule has 2 aromatic rings. The van der Waals surface area contributed by atoms with Gasteiger partial charge in [-0.25, -0.2) is 0 Å². The molecule has 6 nitrogen and oxygen atoms in total. The predicted octanol–water partition coefficient (Wildman–Crippen LogP) is 3.41. The Bertz CT molecular complexity index is 1070. The molecule has 2 aromatic carbocycles. The smallest absolute Gasteiger partial charge is 0.278 e. The lowest BCUT2D eigenvalue weighted by Crippen LogP contribution is -2.57. The Morgan fingerprint density at radius 3 is 2.17 bits per heavy atom. The molecule has 2 bridgehead atoms. The zero-order valence-electron chi connectivity index (χ0n) is 15.5. The van der Waals surface area contributed by atoms with Crippen molar-refractivity contribution in [2.75, 3.05) is 6.54 Å². The van der Waals surface area contributed by atoms with Crippen molar-refractivity contribution >= 4 is 23.4 Å². The Morgan fingerprint density at radius 2 is 1.66 bits per heavy atom. The third-order valence-corrected chi connectivity index (χ3v) is 6.66. The number of carbonyl (C=O) groups excluding carboxylic acids is 2. The SMILES string of the molecule is C/C(Cl)=C/CN1C(=O)[C@H]2C3c4ccccc4C([N+](=O)[O-])(c4ccccc43)[C@H]2C1=O. The molecule has 4 aliphatic rings. The third kappa shape index (κ3) is 2.07. The lowest BCUT2D eigenvalue weighted by atomic mass is 9.51. The van der Waals surface area contributed by atoms with Crippen LogP contribution in [0.15, 0.2) is 59.6 Å². The fourth-order valence-electron chi connectivity index (χ4n) is 5.50. The molecule has 0 N–H and O–H groups in total. The highest BCUT2D eigenvalue weighted by molar-refractivity contribution is 6.29. The Morgan fingerprint density at radius 1 is 1.10 bits per heavy atom. The number of benzene rings is 2. The Kier molecular flexibility index (Phi) is 3.74. The van der Waals surface area contributed by atoms with Gasteiger partial charge in [0.05, 0.1) is 5.92 Å². The molecule has 1 saturated heterocycles. The number of carbonyl (C=O) groups is 2. The summed E-state index contributed by atoms with van der Waals surface area (Å²) in [6.07, 6.45) is 1.58. The predicted molar refractivity (Wildman–Crippen MR) is 106 cm³/mol. The fourth-order valence-corrected chi connectivity index (χ4v) is 5.57. The third-order valence-electron chi connectivity index (χ3n) is 6.51. The van der Waals surface area contributed by atoms with E-state index in [1.165, 1.54) is 0 Å². The van der Waals surface area contributed by atoms with Gasteiger partial charge in [-0.15, -0.1) is 0 Å². The summed E-state index contributed by atoms with van der Waals surface area (Å²) in [7, 11) is 0. The van der Waals surface area contributed by atoms with Crippen molar-refractivity contribution in [1.29, 1.82) is 0 Å². The van der Waals surface area contributed by atoms with E-state index in [0.29, 0.717) is 16.2 Å². The van der Waals surface area contributed by atoms with Crippen molar-refractivity contribution in [3.63, 3.8) is 0 Å². The monoisotopic (exact) mass is 408 g/mol. The van der Waals surface area contributed by atoms with Crippen molar-refractivity contribution in [2.45, 2.75) is 18.4 Å². The number of hydrogen-bond acceptors (Lipinski definition) is 4. The van der Waals surface area contributed by atoms with Crippen LogP contribution in [-0.2, 0) is 15.1 Å². The number of nitro groups is 1. The second-order valence-electron chi connectivity index (χ2n) is 7.76. The highest BCUT2D eigenvalue weighted by Gasteiger charge is 2.74. The van der Waals surface area contributed by atoms with E-state index >= 15 is 0 Å². The normalized spacial score (nSPS) is 29.5. The largest absolute Gasteiger partial charge is 0.284 e. The van der Waals surface area contributed by atoms with Crippen molar-refractivity contribution in [1.82, 2.24) is 4.90 Å². The lowest BCUT2D eigenvalue weighted by molar-refractivity contribution is -0.578. The molecule has 7 heteroatoms. The molecule has 1 aliphatic heterocycles. The number of hydrogen-bond donors (Lipinski definition) is 0. The first-order valence-corrected chi connectivity index (χ1v) is 9.79. The molecule has 1 heterocycles. The van der Waals surface area contributed by atoms with Crippen LogP contribution in [0.2, 0.25) is 0 Å². The summed E-state index contributed by atoms with van der Waals surface area (Å²) in [5, 5.41) is 13.2.